The number of carbonyl (C=O) groups is 2. The maximum Gasteiger partial charge on any atom is 0.322 e. The van der Waals surface area contributed by atoms with Crippen molar-refractivity contribution >= 4 is 17.6 Å². The summed E-state index contributed by atoms with van der Waals surface area (Å²) in [5.74, 6) is -0.0546. The first-order valence-corrected chi connectivity index (χ1v) is 10.0. The number of hydrogen-bond donors (Lipinski definition) is 1. The number of para-hydroxylation sites is 1. The fraction of sp³-hybridized carbons (Fsp3) is 0.476. The SMILES string of the molecule is CCc1c(NC(=O)N2CCCN(CCOC)C(=O)C2)cnn1-c1ccccc1C. The average Bonchev–Trinajstić information content (AvgIpc) is 3.01. The minimum Gasteiger partial charge on any atom is -0.383 e. The molecule has 156 valence electrons. The molecule has 3 amide bonds. The lowest BCUT2D eigenvalue weighted by atomic mass is 10.2. The van der Waals surface area contributed by atoms with Gasteiger partial charge in [0.15, 0.2) is 0 Å². The second kappa shape index (κ2) is 9.56. The van der Waals surface area contributed by atoms with Crippen molar-refractivity contribution in [3.63, 3.8) is 0 Å². The molecule has 0 aliphatic carbocycles. The van der Waals surface area contributed by atoms with Crippen molar-refractivity contribution in [2.24, 2.45) is 0 Å². The third-order valence-corrected chi connectivity index (χ3v) is 5.18. The Balaban J connectivity index is 1.72. The number of aryl methyl sites for hydroxylation is 1. The van der Waals surface area contributed by atoms with Gasteiger partial charge in [0, 0.05) is 26.7 Å². The topological polar surface area (TPSA) is 79.7 Å². The van der Waals surface area contributed by atoms with E-state index in [4.69, 9.17) is 4.74 Å². The molecule has 0 spiro atoms. The highest BCUT2D eigenvalue weighted by molar-refractivity contribution is 5.93. The molecule has 0 atom stereocenters. The van der Waals surface area contributed by atoms with E-state index in [9.17, 15) is 9.59 Å². The molecule has 29 heavy (non-hydrogen) atoms. The molecular formula is C21H29N5O3. The predicted octanol–water partition coefficient (Wildman–Crippen LogP) is 2.46. The van der Waals surface area contributed by atoms with Crippen LogP contribution in [0.25, 0.3) is 5.69 Å². The Bertz CT molecular complexity index is 864. The van der Waals surface area contributed by atoms with Crippen molar-refractivity contribution < 1.29 is 14.3 Å². The van der Waals surface area contributed by atoms with Gasteiger partial charge >= 0.3 is 6.03 Å². The fourth-order valence-electron chi connectivity index (χ4n) is 3.55. The van der Waals surface area contributed by atoms with Crippen LogP contribution in [0.15, 0.2) is 30.5 Å². The Kier molecular flexibility index (Phi) is 6.87. The lowest BCUT2D eigenvalue weighted by Crippen LogP contribution is -2.42. The van der Waals surface area contributed by atoms with E-state index in [-0.39, 0.29) is 18.5 Å². The maximum atomic E-state index is 12.8. The Morgan fingerprint density at radius 3 is 2.79 bits per heavy atom. The highest BCUT2D eigenvalue weighted by atomic mass is 16.5. The average molecular weight is 399 g/mol. The van der Waals surface area contributed by atoms with E-state index in [0.29, 0.717) is 38.3 Å². The van der Waals surface area contributed by atoms with Crippen molar-refractivity contribution in [2.75, 3.05) is 45.2 Å². The van der Waals surface area contributed by atoms with Gasteiger partial charge in [-0.25, -0.2) is 9.48 Å². The largest absolute Gasteiger partial charge is 0.383 e. The van der Waals surface area contributed by atoms with Crippen molar-refractivity contribution in [2.45, 2.75) is 26.7 Å². The van der Waals surface area contributed by atoms with Gasteiger partial charge in [0.25, 0.3) is 0 Å². The summed E-state index contributed by atoms with van der Waals surface area (Å²) in [6.07, 6.45) is 3.13. The van der Waals surface area contributed by atoms with E-state index in [0.717, 1.165) is 23.4 Å². The van der Waals surface area contributed by atoms with Gasteiger partial charge in [0.1, 0.15) is 6.54 Å². The van der Waals surface area contributed by atoms with Crippen LogP contribution in [0, 0.1) is 6.92 Å². The number of nitrogens with one attached hydrogen (secondary N) is 1. The van der Waals surface area contributed by atoms with Gasteiger partial charge < -0.3 is 19.9 Å². The lowest BCUT2D eigenvalue weighted by Gasteiger charge is -2.22. The number of nitrogens with zero attached hydrogens (tertiary/aromatic N) is 4. The molecule has 8 heteroatoms. The molecule has 8 nitrogen and oxygen atoms in total. The number of carbonyl (C=O) groups excluding carboxylic acids is 2. The second-order valence-corrected chi connectivity index (χ2v) is 7.14. The minimum atomic E-state index is -0.272. The van der Waals surface area contributed by atoms with Crippen LogP contribution < -0.4 is 5.32 Å². The van der Waals surface area contributed by atoms with Crippen molar-refractivity contribution in [1.29, 1.82) is 0 Å². The summed E-state index contributed by atoms with van der Waals surface area (Å²) < 4.78 is 6.93. The molecule has 1 fully saturated rings. The minimum absolute atomic E-state index is 0.0546. The van der Waals surface area contributed by atoms with E-state index >= 15 is 0 Å². The molecule has 1 aromatic heterocycles. The Hall–Kier alpha value is -2.87. The summed E-state index contributed by atoms with van der Waals surface area (Å²) in [6.45, 7) is 6.36. The van der Waals surface area contributed by atoms with Gasteiger partial charge in [-0.15, -0.1) is 0 Å². The van der Waals surface area contributed by atoms with Crippen LogP contribution in [-0.2, 0) is 16.0 Å². The van der Waals surface area contributed by atoms with Crippen LogP contribution >= 0.6 is 0 Å². The zero-order valence-electron chi connectivity index (χ0n) is 17.4. The van der Waals surface area contributed by atoms with Gasteiger partial charge in [0.05, 0.1) is 29.9 Å². The molecule has 0 bridgehead atoms. The molecule has 2 aromatic rings. The van der Waals surface area contributed by atoms with Crippen LogP contribution in [0.4, 0.5) is 10.5 Å². The summed E-state index contributed by atoms with van der Waals surface area (Å²) >= 11 is 0. The summed E-state index contributed by atoms with van der Waals surface area (Å²) in [5, 5.41) is 7.45. The number of ether oxygens (including phenoxy) is 1. The lowest BCUT2D eigenvalue weighted by molar-refractivity contribution is -0.131. The summed E-state index contributed by atoms with van der Waals surface area (Å²) in [7, 11) is 1.62. The van der Waals surface area contributed by atoms with Gasteiger partial charge in [-0.05, 0) is 31.4 Å². The zero-order valence-corrected chi connectivity index (χ0v) is 17.4. The first kappa shape index (κ1) is 20.9. The van der Waals surface area contributed by atoms with Gasteiger partial charge in [0.2, 0.25) is 5.91 Å². The second-order valence-electron chi connectivity index (χ2n) is 7.14. The Morgan fingerprint density at radius 1 is 1.28 bits per heavy atom. The maximum absolute atomic E-state index is 12.8. The fourth-order valence-corrected chi connectivity index (χ4v) is 3.55. The predicted molar refractivity (Wildman–Crippen MR) is 111 cm³/mol. The first-order valence-electron chi connectivity index (χ1n) is 10.0. The van der Waals surface area contributed by atoms with E-state index < -0.39 is 0 Å². The quantitative estimate of drug-likeness (QED) is 0.809. The van der Waals surface area contributed by atoms with Crippen LogP contribution in [0.2, 0.25) is 0 Å². The number of aromatic nitrogens is 2. The zero-order chi connectivity index (χ0) is 20.8. The summed E-state index contributed by atoms with van der Waals surface area (Å²) in [6, 6.07) is 7.73. The van der Waals surface area contributed by atoms with Crippen molar-refractivity contribution in [3.05, 3.63) is 41.7 Å². The number of benzene rings is 1. The first-order chi connectivity index (χ1) is 14.0. The molecule has 0 radical (unpaired) electrons. The molecule has 3 rings (SSSR count). The Labute approximate surface area is 171 Å². The molecular weight excluding hydrogens is 370 g/mol. The molecule has 1 aromatic carbocycles. The summed E-state index contributed by atoms with van der Waals surface area (Å²) in [4.78, 5) is 28.6. The molecule has 0 unspecified atom stereocenters. The van der Waals surface area contributed by atoms with E-state index in [1.165, 1.54) is 0 Å². The third-order valence-electron chi connectivity index (χ3n) is 5.18. The van der Waals surface area contributed by atoms with Crippen LogP contribution in [0.5, 0.6) is 0 Å². The van der Waals surface area contributed by atoms with Crippen LogP contribution in [0.3, 0.4) is 0 Å². The molecule has 1 aliphatic rings. The number of urea groups is 1. The Morgan fingerprint density at radius 2 is 2.07 bits per heavy atom. The smallest absolute Gasteiger partial charge is 0.322 e. The van der Waals surface area contributed by atoms with E-state index in [2.05, 4.69) is 10.4 Å². The van der Waals surface area contributed by atoms with Gasteiger partial charge in [-0.1, -0.05) is 25.1 Å². The number of anilines is 1. The van der Waals surface area contributed by atoms with Crippen molar-refractivity contribution in [1.82, 2.24) is 19.6 Å². The van der Waals surface area contributed by atoms with Crippen LogP contribution in [-0.4, -0.2) is 71.4 Å². The van der Waals surface area contributed by atoms with Gasteiger partial charge in [-0.2, -0.15) is 5.10 Å². The highest BCUT2D eigenvalue weighted by Gasteiger charge is 2.25. The van der Waals surface area contributed by atoms with E-state index in [1.54, 1.807) is 23.1 Å². The standard InChI is InChI=1S/C21H29N5O3/c1-4-18-17(14-22-26(18)19-9-6-5-8-16(19)2)23-21(28)25-11-7-10-24(12-13-29-3)20(27)15-25/h5-6,8-9,14H,4,7,10-13,15H2,1-3H3,(H,23,28). The number of methoxy groups -OCH3 is 1. The molecule has 1 N–H and O–H groups in total. The van der Waals surface area contributed by atoms with Crippen molar-refractivity contribution in [3.8, 4) is 5.69 Å². The monoisotopic (exact) mass is 399 g/mol. The molecule has 1 aliphatic heterocycles. The normalized spacial score (nSPS) is 14.8. The number of rotatable bonds is 6. The number of hydrogen-bond acceptors (Lipinski definition) is 4. The van der Waals surface area contributed by atoms with Crippen LogP contribution in [0.1, 0.15) is 24.6 Å². The third kappa shape index (κ3) is 4.76. The number of amides is 3. The molecule has 2 heterocycles. The van der Waals surface area contributed by atoms with Gasteiger partial charge in [-0.3, -0.25) is 4.79 Å². The highest BCUT2D eigenvalue weighted by Crippen LogP contribution is 2.22. The summed E-state index contributed by atoms with van der Waals surface area (Å²) in [5.41, 5.74) is 3.70. The molecule has 1 saturated heterocycles. The van der Waals surface area contributed by atoms with E-state index in [1.807, 2.05) is 42.8 Å². The molecule has 0 saturated carbocycles.